The van der Waals surface area contributed by atoms with E-state index in [1.807, 2.05) is 31.2 Å². The molecule has 0 unspecified atom stereocenters. The Balaban J connectivity index is 1.73. The molecule has 2 amide bonds. The van der Waals surface area contributed by atoms with E-state index in [1.165, 1.54) is 17.7 Å². The molecule has 1 atom stereocenters. The first-order valence-electron chi connectivity index (χ1n) is 8.80. The number of aryl methyl sites for hydroxylation is 1. The lowest BCUT2D eigenvalue weighted by molar-refractivity contribution is 0.262. The number of nitriles is 1. The number of nitrogens with one attached hydrogen (secondary N) is 2. The van der Waals surface area contributed by atoms with E-state index >= 15 is 0 Å². The van der Waals surface area contributed by atoms with Crippen molar-refractivity contribution in [3.8, 4) is 6.07 Å². The standard InChI is InChI=1S/C20H23N3OS/c1-3-4-14-7-10-16-17(12-21)19(25-18(16)11-14)23-20(24)22-15-8-5-13(2)6-9-15/h5-6,8-9,14H,3-4,7,10-11H2,1-2H3,(H2,22,23,24)/t14-/m0/s1. The van der Waals surface area contributed by atoms with Crippen LogP contribution in [0.1, 0.15) is 47.8 Å². The predicted molar refractivity (Wildman–Crippen MR) is 103 cm³/mol. The van der Waals surface area contributed by atoms with E-state index in [1.54, 1.807) is 11.3 Å². The summed E-state index contributed by atoms with van der Waals surface area (Å²) in [4.78, 5) is 13.6. The molecule has 0 radical (unpaired) electrons. The highest BCUT2D eigenvalue weighted by Gasteiger charge is 2.26. The summed E-state index contributed by atoms with van der Waals surface area (Å²) in [7, 11) is 0. The Morgan fingerprint density at radius 1 is 1.32 bits per heavy atom. The Bertz CT molecular complexity index is 802. The van der Waals surface area contributed by atoms with Gasteiger partial charge in [0.05, 0.1) is 5.56 Å². The van der Waals surface area contributed by atoms with E-state index in [0.717, 1.165) is 36.1 Å². The number of carbonyl (C=O) groups excluding carboxylic acids is 1. The van der Waals surface area contributed by atoms with Crippen LogP contribution in [0.2, 0.25) is 0 Å². The molecule has 2 aromatic rings. The van der Waals surface area contributed by atoms with Gasteiger partial charge < -0.3 is 5.32 Å². The summed E-state index contributed by atoms with van der Waals surface area (Å²) in [6, 6.07) is 9.64. The Morgan fingerprint density at radius 2 is 2.08 bits per heavy atom. The molecular weight excluding hydrogens is 330 g/mol. The molecule has 4 nitrogen and oxygen atoms in total. The highest BCUT2D eigenvalue weighted by Crippen LogP contribution is 2.40. The number of benzene rings is 1. The van der Waals surface area contributed by atoms with E-state index in [9.17, 15) is 10.1 Å². The predicted octanol–water partition coefficient (Wildman–Crippen LogP) is 5.48. The molecule has 0 aliphatic heterocycles. The fraction of sp³-hybridized carbons (Fsp3) is 0.400. The Morgan fingerprint density at radius 3 is 2.76 bits per heavy atom. The van der Waals surface area contributed by atoms with Crippen LogP contribution >= 0.6 is 11.3 Å². The van der Waals surface area contributed by atoms with Crippen molar-refractivity contribution in [2.24, 2.45) is 5.92 Å². The van der Waals surface area contributed by atoms with Crippen molar-refractivity contribution in [2.45, 2.75) is 46.0 Å². The third-order valence-corrected chi connectivity index (χ3v) is 5.88. The summed E-state index contributed by atoms with van der Waals surface area (Å²) >= 11 is 1.56. The average Bonchev–Trinajstić information content (AvgIpc) is 2.93. The minimum atomic E-state index is -0.302. The third-order valence-electron chi connectivity index (χ3n) is 4.71. The molecule has 0 bridgehead atoms. The Labute approximate surface area is 152 Å². The average molecular weight is 353 g/mol. The van der Waals surface area contributed by atoms with Gasteiger partial charge in [-0.3, -0.25) is 5.32 Å². The van der Waals surface area contributed by atoms with Crippen LogP contribution in [0.25, 0.3) is 0 Å². The second-order valence-corrected chi connectivity index (χ2v) is 7.77. The van der Waals surface area contributed by atoms with Crippen LogP contribution in [0.3, 0.4) is 0 Å². The van der Waals surface area contributed by atoms with E-state index < -0.39 is 0 Å². The molecule has 0 saturated heterocycles. The van der Waals surface area contributed by atoms with Crippen molar-refractivity contribution < 1.29 is 4.79 Å². The molecule has 1 aromatic heterocycles. The first-order chi connectivity index (χ1) is 12.1. The van der Waals surface area contributed by atoms with Gasteiger partial charge in [-0.05, 0) is 49.8 Å². The van der Waals surface area contributed by atoms with Crippen LogP contribution < -0.4 is 10.6 Å². The van der Waals surface area contributed by atoms with Gasteiger partial charge in [0, 0.05) is 10.6 Å². The van der Waals surface area contributed by atoms with Crippen LogP contribution in [0.15, 0.2) is 24.3 Å². The van der Waals surface area contributed by atoms with Gasteiger partial charge in [-0.1, -0.05) is 37.5 Å². The topological polar surface area (TPSA) is 64.9 Å². The number of rotatable bonds is 4. The highest BCUT2D eigenvalue weighted by molar-refractivity contribution is 7.16. The number of hydrogen-bond donors (Lipinski definition) is 2. The number of thiophene rings is 1. The largest absolute Gasteiger partial charge is 0.324 e. The van der Waals surface area contributed by atoms with Gasteiger partial charge in [0.15, 0.2) is 0 Å². The smallest absolute Gasteiger partial charge is 0.308 e. The number of amides is 2. The summed E-state index contributed by atoms with van der Waals surface area (Å²) < 4.78 is 0. The van der Waals surface area contributed by atoms with Crippen LogP contribution in [-0.2, 0) is 12.8 Å². The lowest BCUT2D eigenvalue weighted by atomic mass is 9.85. The molecule has 2 N–H and O–H groups in total. The van der Waals surface area contributed by atoms with Gasteiger partial charge in [-0.25, -0.2) is 4.79 Å². The van der Waals surface area contributed by atoms with Crippen molar-refractivity contribution in [2.75, 3.05) is 10.6 Å². The zero-order valence-electron chi connectivity index (χ0n) is 14.7. The minimum Gasteiger partial charge on any atom is -0.308 e. The van der Waals surface area contributed by atoms with E-state index in [4.69, 9.17) is 0 Å². The molecule has 5 heteroatoms. The Hall–Kier alpha value is -2.32. The SMILES string of the molecule is CCC[C@H]1CCc2c(sc(NC(=O)Nc3ccc(C)cc3)c2C#N)C1. The molecule has 0 fully saturated rings. The second-order valence-electron chi connectivity index (χ2n) is 6.66. The lowest BCUT2D eigenvalue weighted by Gasteiger charge is -2.21. The molecule has 3 rings (SSSR count). The Kier molecular flexibility index (Phi) is 5.40. The summed E-state index contributed by atoms with van der Waals surface area (Å²) in [6.07, 6.45) is 5.54. The van der Waals surface area contributed by atoms with E-state index in [-0.39, 0.29) is 6.03 Å². The van der Waals surface area contributed by atoms with Crippen molar-refractivity contribution in [1.29, 1.82) is 5.26 Å². The number of anilines is 2. The number of fused-ring (bicyclic) bond motifs is 1. The zero-order chi connectivity index (χ0) is 17.8. The zero-order valence-corrected chi connectivity index (χ0v) is 15.5. The number of hydrogen-bond acceptors (Lipinski definition) is 3. The molecule has 0 saturated carbocycles. The maximum absolute atomic E-state index is 12.3. The van der Waals surface area contributed by atoms with Crippen molar-refractivity contribution in [1.82, 2.24) is 0 Å². The van der Waals surface area contributed by atoms with Gasteiger partial charge in [0.25, 0.3) is 0 Å². The van der Waals surface area contributed by atoms with E-state index in [2.05, 4.69) is 23.6 Å². The molecule has 1 aliphatic rings. The maximum atomic E-state index is 12.3. The number of urea groups is 1. The summed E-state index contributed by atoms with van der Waals surface area (Å²) in [5.41, 5.74) is 3.68. The van der Waals surface area contributed by atoms with Crippen LogP contribution in [0.5, 0.6) is 0 Å². The summed E-state index contributed by atoms with van der Waals surface area (Å²) in [5, 5.41) is 15.9. The van der Waals surface area contributed by atoms with Crippen LogP contribution in [0, 0.1) is 24.2 Å². The second kappa shape index (κ2) is 7.71. The molecule has 1 aliphatic carbocycles. The number of nitrogens with zero attached hydrogens (tertiary/aromatic N) is 1. The lowest BCUT2D eigenvalue weighted by Crippen LogP contribution is -2.19. The van der Waals surface area contributed by atoms with Gasteiger partial charge in [0.1, 0.15) is 11.1 Å². The van der Waals surface area contributed by atoms with Crippen molar-refractivity contribution in [3.63, 3.8) is 0 Å². The quantitative estimate of drug-likeness (QED) is 0.764. The molecule has 25 heavy (non-hydrogen) atoms. The van der Waals surface area contributed by atoms with Crippen molar-refractivity contribution >= 4 is 28.1 Å². The fourth-order valence-corrected chi connectivity index (χ4v) is 4.72. The van der Waals surface area contributed by atoms with Crippen molar-refractivity contribution in [3.05, 3.63) is 45.8 Å². The highest BCUT2D eigenvalue weighted by atomic mass is 32.1. The van der Waals surface area contributed by atoms with Crippen LogP contribution in [-0.4, -0.2) is 6.03 Å². The molecular formula is C20H23N3OS. The molecule has 130 valence electrons. The first kappa shape index (κ1) is 17.5. The first-order valence-corrected chi connectivity index (χ1v) is 9.61. The van der Waals surface area contributed by atoms with Gasteiger partial charge in [-0.2, -0.15) is 5.26 Å². The fourth-order valence-electron chi connectivity index (χ4n) is 3.42. The van der Waals surface area contributed by atoms with Gasteiger partial charge in [-0.15, -0.1) is 11.3 Å². The van der Waals surface area contributed by atoms with Gasteiger partial charge >= 0.3 is 6.03 Å². The third kappa shape index (κ3) is 4.02. The molecule has 1 heterocycles. The van der Waals surface area contributed by atoms with Gasteiger partial charge in [0.2, 0.25) is 0 Å². The summed E-state index contributed by atoms with van der Waals surface area (Å²) in [5.74, 6) is 0.705. The van der Waals surface area contributed by atoms with Crippen LogP contribution in [0.4, 0.5) is 15.5 Å². The molecule has 1 aromatic carbocycles. The summed E-state index contributed by atoms with van der Waals surface area (Å²) in [6.45, 7) is 4.22. The monoisotopic (exact) mass is 353 g/mol. The number of carbonyl (C=O) groups is 1. The normalized spacial score (nSPS) is 16.0. The molecule has 0 spiro atoms. The minimum absolute atomic E-state index is 0.302. The van der Waals surface area contributed by atoms with E-state index in [0.29, 0.717) is 16.5 Å². The maximum Gasteiger partial charge on any atom is 0.324 e.